The molecule has 0 saturated carbocycles. The molecule has 0 saturated heterocycles. The average molecular weight is 165 g/mol. The van der Waals surface area contributed by atoms with Crippen molar-refractivity contribution in [3.05, 3.63) is 29.3 Å². The molecule has 1 rings (SSSR count). The summed E-state index contributed by atoms with van der Waals surface area (Å²) in [7, 11) is 0. The van der Waals surface area contributed by atoms with Crippen LogP contribution in [0, 0.1) is 6.92 Å². The van der Waals surface area contributed by atoms with Gasteiger partial charge in [0, 0.05) is 0 Å². The third-order valence-electron chi connectivity index (χ3n) is 2.00. The van der Waals surface area contributed by atoms with Crippen LogP contribution in [0.5, 0.6) is 5.75 Å². The minimum atomic E-state index is 0.553. The Hall–Kier alpha value is -1.02. The maximum absolute atomic E-state index is 5.04. The van der Waals surface area contributed by atoms with E-state index in [1.807, 2.05) is 12.1 Å². The summed E-state index contributed by atoms with van der Waals surface area (Å²) in [5.74, 6) is 6.32. The number of benzene rings is 1. The third kappa shape index (κ3) is 1.77. The molecule has 66 valence electrons. The number of aryl methyl sites for hydroxylation is 1. The van der Waals surface area contributed by atoms with E-state index in [4.69, 9.17) is 5.90 Å². The van der Waals surface area contributed by atoms with Crippen LogP contribution < -0.4 is 10.7 Å². The van der Waals surface area contributed by atoms with Crippen molar-refractivity contribution in [2.75, 3.05) is 0 Å². The Morgan fingerprint density at radius 2 is 2.00 bits per heavy atom. The molecule has 2 heteroatoms. The smallest absolute Gasteiger partial charge is 0.147 e. The van der Waals surface area contributed by atoms with E-state index in [2.05, 4.69) is 31.7 Å². The zero-order chi connectivity index (χ0) is 9.14. The van der Waals surface area contributed by atoms with Gasteiger partial charge in [-0.05, 0) is 36.1 Å². The van der Waals surface area contributed by atoms with Crippen LogP contribution in [0.15, 0.2) is 18.2 Å². The van der Waals surface area contributed by atoms with Crippen LogP contribution in [0.3, 0.4) is 0 Å². The van der Waals surface area contributed by atoms with Gasteiger partial charge in [-0.25, -0.2) is 0 Å². The fraction of sp³-hybridized carbons (Fsp3) is 0.400. The van der Waals surface area contributed by atoms with Crippen molar-refractivity contribution in [2.24, 2.45) is 5.90 Å². The first-order valence-corrected chi connectivity index (χ1v) is 4.12. The highest BCUT2D eigenvalue weighted by Crippen LogP contribution is 2.22. The van der Waals surface area contributed by atoms with Crippen molar-refractivity contribution in [1.29, 1.82) is 0 Å². The van der Waals surface area contributed by atoms with Crippen molar-refractivity contribution >= 4 is 0 Å². The standard InChI is InChI=1S/C10H15NO/c1-7(2)10-5-4-9(12-11)6-8(10)3/h4-7H,11H2,1-3H3. The van der Waals surface area contributed by atoms with Crippen molar-refractivity contribution in [3.8, 4) is 5.75 Å². The lowest BCUT2D eigenvalue weighted by atomic mass is 9.98. The number of hydrogen-bond acceptors (Lipinski definition) is 2. The molecule has 1 aromatic carbocycles. The molecule has 0 aromatic heterocycles. The molecule has 12 heavy (non-hydrogen) atoms. The van der Waals surface area contributed by atoms with Crippen molar-refractivity contribution in [3.63, 3.8) is 0 Å². The fourth-order valence-corrected chi connectivity index (χ4v) is 1.37. The van der Waals surface area contributed by atoms with Gasteiger partial charge in [-0.1, -0.05) is 19.9 Å². The molecule has 0 fully saturated rings. The molecular weight excluding hydrogens is 150 g/mol. The van der Waals surface area contributed by atoms with E-state index in [0.717, 1.165) is 5.75 Å². The van der Waals surface area contributed by atoms with E-state index < -0.39 is 0 Å². The van der Waals surface area contributed by atoms with Crippen LogP contribution in [0.25, 0.3) is 0 Å². The Kier molecular flexibility index (Phi) is 2.71. The minimum Gasteiger partial charge on any atom is -0.412 e. The molecule has 0 heterocycles. The third-order valence-corrected chi connectivity index (χ3v) is 2.00. The molecule has 0 aliphatic rings. The first kappa shape index (κ1) is 9.07. The predicted octanol–water partition coefficient (Wildman–Crippen LogP) is 2.37. The van der Waals surface area contributed by atoms with E-state index in [1.54, 1.807) is 0 Å². The van der Waals surface area contributed by atoms with Gasteiger partial charge in [0.25, 0.3) is 0 Å². The predicted molar refractivity (Wildman–Crippen MR) is 50.1 cm³/mol. The SMILES string of the molecule is Cc1cc(ON)ccc1C(C)C. The Morgan fingerprint density at radius 3 is 2.42 bits per heavy atom. The molecule has 2 nitrogen and oxygen atoms in total. The van der Waals surface area contributed by atoms with Gasteiger partial charge < -0.3 is 4.84 Å². The second-order valence-corrected chi connectivity index (χ2v) is 3.29. The molecule has 0 amide bonds. The van der Waals surface area contributed by atoms with E-state index in [-0.39, 0.29) is 0 Å². The molecular formula is C10H15NO. The summed E-state index contributed by atoms with van der Waals surface area (Å²) in [6.07, 6.45) is 0. The molecule has 0 bridgehead atoms. The summed E-state index contributed by atoms with van der Waals surface area (Å²) >= 11 is 0. The monoisotopic (exact) mass is 165 g/mol. The summed E-state index contributed by atoms with van der Waals surface area (Å²) < 4.78 is 0. The lowest BCUT2D eigenvalue weighted by Gasteiger charge is -2.10. The van der Waals surface area contributed by atoms with Gasteiger partial charge >= 0.3 is 0 Å². The molecule has 0 aliphatic heterocycles. The summed E-state index contributed by atoms with van der Waals surface area (Å²) in [5, 5.41) is 0. The largest absolute Gasteiger partial charge is 0.412 e. The Balaban J connectivity index is 3.03. The molecule has 0 atom stereocenters. The number of rotatable bonds is 2. The van der Waals surface area contributed by atoms with Gasteiger partial charge in [0.05, 0.1) is 0 Å². The van der Waals surface area contributed by atoms with Gasteiger partial charge in [0.1, 0.15) is 5.75 Å². The minimum absolute atomic E-state index is 0.553. The van der Waals surface area contributed by atoms with Gasteiger partial charge in [-0.2, -0.15) is 5.90 Å². The maximum atomic E-state index is 5.04. The molecule has 0 unspecified atom stereocenters. The zero-order valence-electron chi connectivity index (χ0n) is 7.79. The van der Waals surface area contributed by atoms with E-state index in [1.165, 1.54) is 11.1 Å². The maximum Gasteiger partial charge on any atom is 0.147 e. The lowest BCUT2D eigenvalue weighted by molar-refractivity contribution is 0.334. The number of nitrogens with two attached hydrogens (primary N) is 1. The molecule has 0 spiro atoms. The molecule has 0 aliphatic carbocycles. The first-order chi connectivity index (χ1) is 5.65. The summed E-state index contributed by atoms with van der Waals surface area (Å²) in [5.41, 5.74) is 2.57. The Morgan fingerprint density at radius 1 is 1.33 bits per heavy atom. The van der Waals surface area contributed by atoms with Crippen molar-refractivity contribution < 1.29 is 4.84 Å². The highest BCUT2D eigenvalue weighted by atomic mass is 16.6. The van der Waals surface area contributed by atoms with Gasteiger partial charge in [0.2, 0.25) is 0 Å². The number of hydrogen-bond donors (Lipinski definition) is 1. The Labute approximate surface area is 73.3 Å². The molecule has 1 aromatic rings. The fourth-order valence-electron chi connectivity index (χ4n) is 1.37. The van der Waals surface area contributed by atoms with Crippen molar-refractivity contribution in [2.45, 2.75) is 26.7 Å². The van der Waals surface area contributed by atoms with Crippen LogP contribution in [0.1, 0.15) is 30.9 Å². The normalized spacial score (nSPS) is 10.4. The van der Waals surface area contributed by atoms with Crippen LogP contribution in [-0.2, 0) is 0 Å². The summed E-state index contributed by atoms with van der Waals surface area (Å²) in [6, 6.07) is 5.90. The quantitative estimate of drug-likeness (QED) is 0.683. The van der Waals surface area contributed by atoms with Crippen LogP contribution in [0.4, 0.5) is 0 Å². The highest BCUT2D eigenvalue weighted by Gasteiger charge is 2.03. The second kappa shape index (κ2) is 3.59. The second-order valence-electron chi connectivity index (χ2n) is 3.29. The van der Waals surface area contributed by atoms with Crippen molar-refractivity contribution in [1.82, 2.24) is 0 Å². The van der Waals surface area contributed by atoms with E-state index in [0.29, 0.717) is 5.92 Å². The summed E-state index contributed by atoms with van der Waals surface area (Å²) in [4.78, 5) is 4.63. The van der Waals surface area contributed by atoms with E-state index in [9.17, 15) is 0 Å². The molecule has 0 radical (unpaired) electrons. The topological polar surface area (TPSA) is 35.2 Å². The first-order valence-electron chi connectivity index (χ1n) is 4.12. The zero-order valence-corrected chi connectivity index (χ0v) is 7.79. The van der Waals surface area contributed by atoms with Gasteiger partial charge in [0.15, 0.2) is 0 Å². The van der Waals surface area contributed by atoms with Gasteiger partial charge in [-0.15, -0.1) is 0 Å². The lowest BCUT2D eigenvalue weighted by Crippen LogP contribution is -2.02. The average Bonchev–Trinajstić information content (AvgIpc) is 2.03. The van der Waals surface area contributed by atoms with Gasteiger partial charge in [-0.3, -0.25) is 0 Å². The van der Waals surface area contributed by atoms with Crippen LogP contribution in [-0.4, -0.2) is 0 Å². The van der Waals surface area contributed by atoms with E-state index >= 15 is 0 Å². The molecule has 2 N–H and O–H groups in total. The Bertz CT molecular complexity index is 269. The summed E-state index contributed by atoms with van der Waals surface area (Å²) in [6.45, 7) is 6.41. The highest BCUT2D eigenvalue weighted by molar-refractivity contribution is 5.36. The van der Waals surface area contributed by atoms with Crippen LogP contribution in [0.2, 0.25) is 0 Å². The van der Waals surface area contributed by atoms with Crippen LogP contribution >= 0.6 is 0 Å².